The Morgan fingerprint density at radius 1 is 1.24 bits per heavy atom. The van der Waals surface area contributed by atoms with Gasteiger partial charge in [-0.1, -0.05) is 17.2 Å². The number of amides is 1. The Morgan fingerprint density at radius 3 is 2.72 bits per heavy atom. The van der Waals surface area contributed by atoms with Crippen LogP contribution in [0.5, 0.6) is 0 Å². The third-order valence-electron chi connectivity index (χ3n) is 5.33. The molecule has 2 aromatic heterocycles. The van der Waals surface area contributed by atoms with Gasteiger partial charge in [-0.25, -0.2) is 0 Å². The maximum absolute atomic E-state index is 13.0. The molecule has 4 rings (SSSR count). The molecule has 0 spiro atoms. The molecular formula is C18H24N4O3. The molecule has 2 aromatic rings. The number of hydrogen-bond acceptors (Lipinski definition) is 6. The zero-order valence-electron chi connectivity index (χ0n) is 15.0. The highest BCUT2D eigenvalue weighted by Gasteiger charge is 2.37. The summed E-state index contributed by atoms with van der Waals surface area (Å²) < 4.78 is 10.6. The summed E-state index contributed by atoms with van der Waals surface area (Å²) in [6.07, 6.45) is 4.77. The van der Waals surface area contributed by atoms with E-state index in [2.05, 4.69) is 15.3 Å². The number of hydrogen-bond donors (Lipinski definition) is 0. The van der Waals surface area contributed by atoms with E-state index in [1.165, 1.54) is 0 Å². The second kappa shape index (κ2) is 6.28. The van der Waals surface area contributed by atoms with E-state index in [4.69, 9.17) is 9.05 Å². The van der Waals surface area contributed by atoms with Crippen molar-refractivity contribution in [3.8, 4) is 0 Å². The quantitative estimate of drug-likeness (QED) is 0.828. The molecule has 0 N–H and O–H groups in total. The highest BCUT2D eigenvalue weighted by Crippen LogP contribution is 2.40. The minimum atomic E-state index is -0.132. The summed E-state index contributed by atoms with van der Waals surface area (Å²) >= 11 is 0. The first-order chi connectivity index (χ1) is 12.0. The van der Waals surface area contributed by atoms with Gasteiger partial charge in [0, 0.05) is 23.9 Å². The molecule has 2 aliphatic rings. The third kappa shape index (κ3) is 3.07. The van der Waals surface area contributed by atoms with Gasteiger partial charge in [0.05, 0.1) is 11.7 Å². The number of likely N-dealkylation sites (tertiary alicyclic amines) is 1. The van der Waals surface area contributed by atoms with Gasteiger partial charge >= 0.3 is 0 Å². The number of carbonyl (C=O) groups excluding carboxylic acids is 1. The van der Waals surface area contributed by atoms with Crippen molar-refractivity contribution in [1.82, 2.24) is 20.2 Å². The first kappa shape index (κ1) is 16.3. The zero-order valence-corrected chi connectivity index (χ0v) is 15.0. The van der Waals surface area contributed by atoms with Crippen molar-refractivity contribution in [3.05, 3.63) is 28.7 Å². The van der Waals surface area contributed by atoms with Crippen molar-refractivity contribution >= 4 is 5.91 Å². The SMILES string of the molecule is Cc1noc(C)c1CC(C)C(=O)N1CCCC1c1noc(C2CC2)n1. The number of rotatable bonds is 5. The van der Waals surface area contributed by atoms with Crippen molar-refractivity contribution in [2.45, 2.75) is 64.8 Å². The smallest absolute Gasteiger partial charge is 0.229 e. The van der Waals surface area contributed by atoms with Gasteiger partial charge in [-0.05, 0) is 46.0 Å². The highest BCUT2D eigenvalue weighted by molar-refractivity contribution is 5.79. The maximum atomic E-state index is 13.0. The Morgan fingerprint density at radius 2 is 2.04 bits per heavy atom. The van der Waals surface area contributed by atoms with Crippen molar-refractivity contribution in [1.29, 1.82) is 0 Å². The van der Waals surface area contributed by atoms with Gasteiger partial charge in [-0.2, -0.15) is 4.98 Å². The van der Waals surface area contributed by atoms with E-state index >= 15 is 0 Å². The average molecular weight is 344 g/mol. The zero-order chi connectivity index (χ0) is 17.6. The van der Waals surface area contributed by atoms with Crippen molar-refractivity contribution < 1.29 is 13.8 Å². The fraction of sp³-hybridized carbons (Fsp3) is 0.667. The fourth-order valence-electron chi connectivity index (χ4n) is 3.65. The summed E-state index contributed by atoms with van der Waals surface area (Å²) in [6.45, 7) is 6.53. The van der Waals surface area contributed by atoms with E-state index in [9.17, 15) is 4.79 Å². The highest BCUT2D eigenvalue weighted by atomic mass is 16.5. The molecule has 7 heteroatoms. The molecule has 1 saturated carbocycles. The number of aromatic nitrogens is 3. The van der Waals surface area contributed by atoms with Crippen LogP contribution in [0.1, 0.15) is 73.3 Å². The summed E-state index contributed by atoms with van der Waals surface area (Å²) in [5.74, 6) is 2.63. The van der Waals surface area contributed by atoms with Crippen molar-refractivity contribution in [3.63, 3.8) is 0 Å². The van der Waals surface area contributed by atoms with Gasteiger partial charge in [0.25, 0.3) is 0 Å². The first-order valence-corrected chi connectivity index (χ1v) is 9.10. The molecule has 25 heavy (non-hydrogen) atoms. The molecule has 7 nitrogen and oxygen atoms in total. The lowest BCUT2D eigenvalue weighted by Gasteiger charge is -2.25. The molecule has 2 fully saturated rings. The molecule has 3 heterocycles. The van der Waals surface area contributed by atoms with Crippen LogP contribution in [-0.2, 0) is 11.2 Å². The van der Waals surface area contributed by atoms with Crippen LogP contribution >= 0.6 is 0 Å². The number of nitrogens with zero attached hydrogens (tertiary/aromatic N) is 4. The Balaban J connectivity index is 1.47. The van der Waals surface area contributed by atoms with Crippen LogP contribution in [0.2, 0.25) is 0 Å². The molecule has 1 aliphatic heterocycles. The lowest BCUT2D eigenvalue weighted by atomic mass is 9.98. The lowest BCUT2D eigenvalue weighted by Crippen LogP contribution is -2.36. The van der Waals surface area contributed by atoms with Gasteiger partial charge in [-0.15, -0.1) is 0 Å². The first-order valence-electron chi connectivity index (χ1n) is 9.10. The van der Waals surface area contributed by atoms with Crippen LogP contribution in [0.15, 0.2) is 9.05 Å². The fourth-order valence-corrected chi connectivity index (χ4v) is 3.65. The molecule has 2 unspecified atom stereocenters. The summed E-state index contributed by atoms with van der Waals surface area (Å²) in [5.41, 5.74) is 1.90. The second-order valence-electron chi connectivity index (χ2n) is 7.36. The van der Waals surface area contributed by atoms with E-state index in [1.807, 2.05) is 25.7 Å². The van der Waals surface area contributed by atoms with Gasteiger partial charge in [0.15, 0.2) is 5.82 Å². The molecule has 0 bridgehead atoms. The van der Waals surface area contributed by atoms with Crippen LogP contribution < -0.4 is 0 Å². The van der Waals surface area contributed by atoms with E-state index in [0.717, 1.165) is 55.1 Å². The molecule has 0 radical (unpaired) electrons. The second-order valence-corrected chi connectivity index (χ2v) is 7.36. The van der Waals surface area contributed by atoms with Crippen LogP contribution in [0, 0.1) is 19.8 Å². The Labute approximate surface area is 146 Å². The van der Waals surface area contributed by atoms with Crippen LogP contribution in [-0.4, -0.2) is 32.6 Å². The van der Waals surface area contributed by atoms with E-state index in [-0.39, 0.29) is 17.9 Å². The van der Waals surface area contributed by atoms with Gasteiger partial charge in [-0.3, -0.25) is 4.79 Å². The summed E-state index contributed by atoms with van der Waals surface area (Å²) in [6, 6.07) is -0.0594. The summed E-state index contributed by atoms with van der Waals surface area (Å²) in [5, 5.41) is 8.13. The standard InChI is InChI=1S/C18H24N4O3/c1-10(9-14-11(2)20-24-12(14)3)18(23)22-8-4-5-15(22)16-19-17(25-21-16)13-6-7-13/h10,13,15H,4-9H2,1-3H3. The molecular weight excluding hydrogens is 320 g/mol. The Kier molecular flexibility index (Phi) is 4.09. The largest absolute Gasteiger partial charge is 0.361 e. The molecule has 1 saturated heterocycles. The minimum Gasteiger partial charge on any atom is -0.361 e. The molecule has 1 aliphatic carbocycles. The van der Waals surface area contributed by atoms with Crippen molar-refractivity contribution in [2.24, 2.45) is 5.92 Å². The summed E-state index contributed by atoms with van der Waals surface area (Å²) in [7, 11) is 0. The summed E-state index contributed by atoms with van der Waals surface area (Å²) in [4.78, 5) is 19.5. The molecule has 0 aromatic carbocycles. The predicted molar refractivity (Wildman–Crippen MR) is 88.8 cm³/mol. The third-order valence-corrected chi connectivity index (χ3v) is 5.33. The molecule has 134 valence electrons. The Hall–Kier alpha value is -2.18. The number of aryl methyl sites for hydroxylation is 2. The molecule has 2 atom stereocenters. The lowest BCUT2D eigenvalue weighted by molar-refractivity contribution is -0.136. The predicted octanol–water partition coefficient (Wildman–Crippen LogP) is 3.09. The molecule has 1 amide bonds. The topological polar surface area (TPSA) is 85.3 Å². The minimum absolute atomic E-state index is 0.0594. The normalized spacial score (nSPS) is 21.7. The monoisotopic (exact) mass is 344 g/mol. The van der Waals surface area contributed by atoms with E-state index in [1.54, 1.807) is 0 Å². The van der Waals surface area contributed by atoms with E-state index in [0.29, 0.717) is 18.2 Å². The van der Waals surface area contributed by atoms with Gasteiger partial charge < -0.3 is 13.9 Å². The number of carbonyl (C=O) groups is 1. The van der Waals surface area contributed by atoms with Crippen LogP contribution in [0.3, 0.4) is 0 Å². The average Bonchev–Trinajstić information content (AvgIpc) is 3.02. The van der Waals surface area contributed by atoms with Crippen molar-refractivity contribution in [2.75, 3.05) is 6.54 Å². The van der Waals surface area contributed by atoms with Crippen LogP contribution in [0.25, 0.3) is 0 Å². The van der Waals surface area contributed by atoms with Gasteiger partial charge in [0.1, 0.15) is 5.76 Å². The van der Waals surface area contributed by atoms with Crippen LogP contribution in [0.4, 0.5) is 0 Å². The maximum Gasteiger partial charge on any atom is 0.229 e. The van der Waals surface area contributed by atoms with E-state index < -0.39 is 0 Å². The van der Waals surface area contributed by atoms with Gasteiger partial charge in [0.2, 0.25) is 11.8 Å². The Bertz CT molecular complexity index is 758.